The van der Waals surface area contributed by atoms with Gasteiger partial charge < -0.3 is 10.7 Å². The van der Waals surface area contributed by atoms with Crippen molar-refractivity contribution in [1.82, 2.24) is 5.32 Å². The minimum atomic E-state index is -0.0909. The van der Waals surface area contributed by atoms with E-state index in [2.05, 4.69) is 23.9 Å². The van der Waals surface area contributed by atoms with Gasteiger partial charge in [-0.25, -0.2) is 0 Å². The largest absolute Gasteiger partial charge is 0.352 e. The molecule has 1 rings (SSSR count). The zero-order valence-electron chi connectivity index (χ0n) is 10.2. The van der Waals surface area contributed by atoms with Gasteiger partial charge in [-0.1, -0.05) is 19.1 Å². The van der Waals surface area contributed by atoms with Crippen molar-refractivity contribution in [2.75, 3.05) is 18.2 Å². The zero-order chi connectivity index (χ0) is 12.7. The summed E-state index contributed by atoms with van der Waals surface area (Å²) in [5.41, 5.74) is 3.74. The van der Waals surface area contributed by atoms with Crippen LogP contribution in [0.4, 0.5) is 5.69 Å². The van der Waals surface area contributed by atoms with Gasteiger partial charge in [0.05, 0.1) is 11.3 Å². The lowest BCUT2D eigenvalue weighted by molar-refractivity contribution is 0.0954. The first-order valence-electron chi connectivity index (χ1n) is 5.55. The maximum absolute atomic E-state index is 11.9. The van der Waals surface area contributed by atoms with E-state index in [-0.39, 0.29) is 5.91 Å². The molecule has 94 valence electrons. The molecule has 0 saturated carbocycles. The molecule has 1 amide bonds. The number of carbonyl (C=O) groups excluding carboxylic acids is 1. The van der Waals surface area contributed by atoms with Gasteiger partial charge in [-0.15, -0.1) is 0 Å². The second-order valence-electron chi connectivity index (χ2n) is 3.78. The van der Waals surface area contributed by atoms with Gasteiger partial charge in [-0.05, 0) is 24.8 Å². The molecule has 0 aliphatic carbocycles. The van der Waals surface area contributed by atoms with Crippen molar-refractivity contribution < 1.29 is 4.79 Å². The normalized spacial score (nSPS) is 11.9. The fourth-order valence-electron chi connectivity index (χ4n) is 1.41. The summed E-state index contributed by atoms with van der Waals surface area (Å²) in [7, 11) is 0. The zero-order valence-corrected chi connectivity index (χ0v) is 11.0. The number of thioether (sulfide) groups is 1. The number of hydrazine groups is 1. The summed E-state index contributed by atoms with van der Waals surface area (Å²) in [6, 6.07) is 7.18. The van der Waals surface area contributed by atoms with Gasteiger partial charge in [0.1, 0.15) is 0 Å². The van der Waals surface area contributed by atoms with E-state index in [1.165, 1.54) is 0 Å². The lowest BCUT2D eigenvalue weighted by Gasteiger charge is -2.11. The Hall–Kier alpha value is -1.20. The maximum Gasteiger partial charge on any atom is 0.253 e. The number of hydrogen-bond donors (Lipinski definition) is 3. The number of nitrogens with two attached hydrogens (primary N) is 1. The van der Waals surface area contributed by atoms with Crippen LogP contribution in [-0.4, -0.2) is 24.0 Å². The van der Waals surface area contributed by atoms with E-state index in [0.717, 1.165) is 6.42 Å². The molecule has 17 heavy (non-hydrogen) atoms. The van der Waals surface area contributed by atoms with Gasteiger partial charge in [0.2, 0.25) is 0 Å². The van der Waals surface area contributed by atoms with E-state index in [4.69, 9.17) is 5.84 Å². The highest BCUT2D eigenvalue weighted by atomic mass is 32.2. The summed E-state index contributed by atoms with van der Waals surface area (Å²) < 4.78 is 0. The van der Waals surface area contributed by atoms with Gasteiger partial charge in [0, 0.05) is 11.8 Å². The third-order valence-electron chi connectivity index (χ3n) is 2.57. The van der Waals surface area contributed by atoms with Crippen LogP contribution in [-0.2, 0) is 0 Å². The quantitative estimate of drug-likeness (QED) is 0.534. The van der Waals surface area contributed by atoms with E-state index < -0.39 is 0 Å². The van der Waals surface area contributed by atoms with Gasteiger partial charge in [0.25, 0.3) is 5.91 Å². The predicted octanol–water partition coefficient (Wildman–Crippen LogP) is 1.84. The second kappa shape index (κ2) is 7.19. The summed E-state index contributed by atoms with van der Waals surface area (Å²) >= 11 is 1.80. The first-order chi connectivity index (χ1) is 8.19. The fraction of sp³-hybridized carbons (Fsp3) is 0.417. The number of para-hydroxylation sites is 1. The lowest BCUT2D eigenvalue weighted by Crippen LogP contribution is -2.27. The summed E-state index contributed by atoms with van der Waals surface area (Å²) in [6.07, 6.45) is 3.03. The van der Waals surface area contributed by atoms with Crippen LogP contribution in [0, 0.1) is 0 Å². The molecule has 1 aromatic carbocycles. The molecule has 4 N–H and O–H groups in total. The number of carbonyl (C=O) groups is 1. The van der Waals surface area contributed by atoms with Crippen molar-refractivity contribution in [3.05, 3.63) is 29.8 Å². The molecule has 1 unspecified atom stereocenters. The third kappa shape index (κ3) is 4.28. The second-order valence-corrected chi connectivity index (χ2v) is 5.06. The topological polar surface area (TPSA) is 67.2 Å². The van der Waals surface area contributed by atoms with Crippen LogP contribution in [0.1, 0.15) is 23.7 Å². The number of nitrogens with one attached hydrogen (secondary N) is 2. The van der Waals surface area contributed by atoms with Gasteiger partial charge in [-0.2, -0.15) is 11.8 Å². The molecule has 0 radical (unpaired) electrons. The molecule has 0 bridgehead atoms. The summed E-state index contributed by atoms with van der Waals surface area (Å²) in [6.45, 7) is 2.83. The highest BCUT2D eigenvalue weighted by Crippen LogP contribution is 2.13. The van der Waals surface area contributed by atoms with Gasteiger partial charge >= 0.3 is 0 Å². The van der Waals surface area contributed by atoms with Crippen molar-refractivity contribution in [2.24, 2.45) is 5.84 Å². The molecule has 4 nitrogen and oxygen atoms in total. The summed E-state index contributed by atoms with van der Waals surface area (Å²) in [5.74, 6) is 5.26. The molecule has 0 heterocycles. The van der Waals surface area contributed by atoms with Crippen molar-refractivity contribution in [1.29, 1.82) is 0 Å². The highest BCUT2D eigenvalue weighted by Gasteiger charge is 2.09. The van der Waals surface area contributed by atoms with Crippen molar-refractivity contribution in [3.63, 3.8) is 0 Å². The monoisotopic (exact) mass is 253 g/mol. The van der Waals surface area contributed by atoms with Crippen molar-refractivity contribution in [3.8, 4) is 0 Å². The van der Waals surface area contributed by atoms with Gasteiger partial charge in [0.15, 0.2) is 0 Å². The average molecular weight is 253 g/mol. The third-order valence-corrected chi connectivity index (χ3v) is 3.61. The number of benzene rings is 1. The van der Waals surface area contributed by atoms with E-state index in [0.29, 0.717) is 23.0 Å². The van der Waals surface area contributed by atoms with E-state index in [9.17, 15) is 4.79 Å². The standard InChI is InChI=1S/C12H19N3OS/c1-9(17-2)7-8-14-12(16)10-5-3-4-6-11(10)15-13/h3-6,9,15H,7-8,13H2,1-2H3,(H,14,16). The fourth-order valence-corrected chi connectivity index (χ4v) is 1.76. The average Bonchev–Trinajstić information content (AvgIpc) is 2.38. The minimum absolute atomic E-state index is 0.0909. The first kappa shape index (κ1) is 13.9. The van der Waals surface area contributed by atoms with Crippen LogP contribution >= 0.6 is 11.8 Å². The summed E-state index contributed by atoms with van der Waals surface area (Å²) in [5, 5.41) is 3.44. The van der Waals surface area contributed by atoms with Crippen LogP contribution in [0.5, 0.6) is 0 Å². The van der Waals surface area contributed by atoms with Crippen LogP contribution in [0.15, 0.2) is 24.3 Å². The molecule has 0 saturated heterocycles. The minimum Gasteiger partial charge on any atom is -0.352 e. The predicted molar refractivity (Wildman–Crippen MR) is 74.2 cm³/mol. The Kier molecular flexibility index (Phi) is 5.86. The number of amides is 1. The molecule has 0 spiro atoms. The Morgan fingerprint density at radius 3 is 2.82 bits per heavy atom. The molecule has 0 aromatic heterocycles. The molecule has 1 atom stereocenters. The van der Waals surface area contributed by atoms with E-state index in [1.54, 1.807) is 23.9 Å². The number of nitrogen functional groups attached to an aromatic ring is 1. The molecule has 0 aliphatic heterocycles. The molecule has 0 fully saturated rings. The lowest BCUT2D eigenvalue weighted by atomic mass is 10.1. The number of hydrogen-bond acceptors (Lipinski definition) is 4. The maximum atomic E-state index is 11.9. The Labute approximate surface area is 106 Å². The molecular formula is C12H19N3OS. The van der Waals surface area contributed by atoms with Crippen molar-refractivity contribution >= 4 is 23.4 Å². The van der Waals surface area contributed by atoms with E-state index in [1.807, 2.05) is 12.1 Å². The molecular weight excluding hydrogens is 234 g/mol. The Balaban J connectivity index is 2.52. The van der Waals surface area contributed by atoms with Crippen LogP contribution < -0.4 is 16.6 Å². The smallest absolute Gasteiger partial charge is 0.253 e. The van der Waals surface area contributed by atoms with Crippen molar-refractivity contribution in [2.45, 2.75) is 18.6 Å². The Morgan fingerprint density at radius 2 is 2.18 bits per heavy atom. The number of rotatable bonds is 6. The van der Waals surface area contributed by atoms with Gasteiger partial charge in [-0.3, -0.25) is 10.6 Å². The Morgan fingerprint density at radius 1 is 1.47 bits per heavy atom. The highest BCUT2D eigenvalue weighted by molar-refractivity contribution is 7.99. The summed E-state index contributed by atoms with van der Waals surface area (Å²) in [4.78, 5) is 11.9. The Bertz CT molecular complexity index is 371. The van der Waals surface area contributed by atoms with Crippen LogP contribution in [0.2, 0.25) is 0 Å². The molecule has 0 aliphatic rings. The van der Waals surface area contributed by atoms with Crippen LogP contribution in [0.3, 0.4) is 0 Å². The molecule has 1 aromatic rings. The SMILES string of the molecule is CSC(C)CCNC(=O)c1ccccc1NN. The number of anilines is 1. The first-order valence-corrected chi connectivity index (χ1v) is 6.84. The van der Waals surface area contributed by atoms with Crippen LogP contribution in [0.25, 0.3) is 0 Å². The van der Waals surface area contributed by atoms with E-state index >= 15 is 0 Å². The molecule has 5 heteroatoms.